The van der Waals surface area contributed by atoms with Gasteiger partial charge in [-0.25, -0.2) is 0 Å². The van der Waals surface area contributed by atoms with Crippen LogP contribution in [0.15, 0.2) is 0 Å². The van der Waals surface area contributed by atoms with Crippen molar-refractivity contribution in [2.75, 3.05) is 0 Å². The molecule has 0 aliphatic rings. The second-order valence-electron chi connectivity index (χ2n) is 3.73. The van der Waals surface area contributed by atoms with Crippen molar-refractivity contribution in [3.63, 3.8) is 0 Å². The maximum atomic E-state index is 2.20. The van der Waals surface area contributed by atoms with Crippen molar-refractivity contribution in [1.29, 1.82) is 0 Å². The zero-order valence-corrected chi connectivity index (χ0v) is 12.0. The van der Waals surface area contributed by atoms with Gasteiger partial charge in [0.05, 0.1) is 0 Å². The van der Waals surface area contributed by atoms with Crippen LogP contribution in [-0.4, -0.2) is 0 Å². The molecule has 0 aliphatic carbocycles. The molecule has 0 aromatic heterocycles. The molecule has 11 heavy (non-hydrogen) atoms. The van der Waals surface area contributed by atoms with Gasteiger partial charge in [0.25, 0.3) is 0 Å². The van der Waals surface area contributed by atoms with E-state index in [2.05, 4.69) is 48.5 Å². The molecule has 0 atom stereocenters. The molecule has 0 aromatic carbocycles. The zero-order chi connectivity index (χ0) is 8.73. The molecule has 1 heteroatoms. The van der Waals surface area contributed by atoms with E-state index in [1.54, 1.807) is 0 Å². The molecule has 0 N–H and O–H groups in total. The molecule has 67 valence electrons. The minimum atomic E-state index is 0. The molecule has 0 aliphatic heterocycles. The summed E-state index contributed by atoms with van der Waals surface area (Å²) in [6, 6.07) is 0. The van der Waals surface area contributed by atoms with Gasteiger partial charge < -0.3 is 11.8 Å². The third-order valence-electron chi connectivity index (χ3n) is 1.15. The monoisotopic (exact) mass is 231 g/mol. The van der Waals surface area contributed by atoms with Crippen LogP contribution in [0.2, 0.25) is 0 Å². The Bertz CT molecular complexity index is 47.1. The van der Waals surface area contributed by atoms with Gasteiger partial charge in [0, 0.05) is 32.7 Å². The second kappa shape index (κ2) is 11.1. The maximum Gasteiger partial charge on any atom is 0 e. The number of rotatable bonds is 1. The average molecular weight is 231 g/mol. The molecular weight excluding hydrogens is 209 g/mol. The maximum absolute atomic E-state index is 2.20. The van der Waals surface area contributed by atoms with Gasteiger partial charge in [-0.15, -0.1) is 0 Å². The van der Waals surface area contributed by atoms with E-state index in [0.717, 1.165) is 5.92 Å². The molecule has 0 saturated heterocycles. The van der Waals surface area contributed by atoms with Gasteiger partial charge in [0.1, 0.15) is 0 Å². The fourth-order valence-corrected chi connectivity index (χ4v) is 0. The van der Waals surface area contributed by atoms with Crippen LogP contribution in [0.25, 0.3) is 0 Å². The summed E-state index contributed by atoms with van der Waals surface area (Å²) in [5.41, 5.74) is 0. The fourth-order valence-electron chi connectivity index (χ4n) is 0. The van der Waals surface area contributed by atoms with E-state index in [4.69, 9.17) is 0 Å². The van der Waals surface area contributed by atoms with E-state index >= 15 is 0 Å². The molecule has 0 rings (SSSR count). The Hall–Kier alpha value is 1.10. The quantitative estimate of drug-likeness (QED) is 0.601. The van der Waals surface area contributed by atoms with E-state index in [9.17, 15) is 0 Å². The number of hydrogen-bond donors (Lipinski definition) is 0. The van der Waals surface area contributed by atoms with Crippen LogP contribution in [0.3, 0.4) is 0 Å². The van der Waals surface area contributed by atoms with E-state index in [1.807, 2.05) is 0 Å². The summed E-state index contributed by atoms with van der Waals surface area (Å²) in [6.45, 7) is 15.0. The molecule has 0 amide bonds. The summed E-state index contributed by atoms with van der Waals surface area (Å²) in [6.07, 6.45) is 0. The summed E-state index contributed by atoms with van der Waals surface area (Å²) < 4.78 is 0. The van der Waals surface area contributed by atoms with Gasteiger partial charge in [0.15, 0.2) is 0 Å². The molecule has 0 nitrogen and oxygen atoms in total. The molecule has 0 fully saturated rings. The molecule has 0 unspecified atom stereocenters. The largest absolute Gasteiger partial charge is 0.323 e. The van der Waals surface area contributed by atoms with Gasteiger partial charge >= 0.3 is 0 Å². The first-order valence-corrected chi connectivity index (χ1v) is 3.94. The second-order valence-corrected chi connectivity index (χ2v) is 3.73. The summed E-state index contributed by atoms with van der Waals surface area (Å²) in [7, 11) is 0. The van der Waals surface area contributed by atoms with Crippen LogP contribution in [-0.2, 0) is 32.7 Å². The molecule has 0 heterocycles. The molecular formula is C10H22Y-2. The van der Waals surface area contributed by atoms with Gasteiger partial charge in [-0.05, 0) is 0 Å². The van der Waals surface area contributed by atoms with Crippen LogP contribution >= 0.6 is 0 Å². The van der Waals surface area contributed by atoms with Crippen molar-refractivity contribution in [2.24, 2.45) is 5.92 Å². The standard InChI is InChI=1S/C6H13.C4H9.Y/c1-5(2)6(3)4;1-4(2)3;/h5H,1-4H3;1-3H3;/q2*-1;. The summed E-state index contributed by atoms with van der Waals surface area (Å²) >= 11 is 0. The van der Waals surface area contributed by atoms with Gasteiger partial charge in [-0.2, -0.15) is 40.5 Å². The Balaban J connectivity index is -0.000000114. The Morgan fingerprint density at radius 3 is 0.909 bits per heavy atom. The SMILES string of the molecule is C[C-](C)C.C[C-](C)C(C)C.[Y]. The smallest absolute Gasteiger partial charge is 0 e. The van der Waals surface area contributed by atoms with Gasteiger partial charge in [-0.1, -0.05) is 13.8 Å². The van der Waals surface area contributed by atoms with Crippen molar-refractivity contribution >= 4 is 0 Å². The fraction of sp³-hybridized carbons (Fsp3) is 0.800. The van der Waals surface area contributed by atoms with Crippen molar-refractivity contribution in [3.8, 4) is 0 Å². The van der Waals surface area contributed by atoms with Gasteiger partial charge in [-0.3, -0.25) is 0 Å². The van der Waals surface area contributed by atoms with E-state index in [-0.39, 0.29) is 32.7 Å². The predicted octanol–water partition coefficient (Wildman–Crippen LogP) is 3.87. The van der Waals surface area contributed by atoms with E-state index in [0.29, 0.717) is 0 Å². The predicted molar refractivity (Wildman–Crippen MR) is 49.7 cm³/mol. The third-order valence-corrected chi connectivity index (χ3v) is 1.15. The zero-order valence-electron chi connectivity index (χ0n) is 9.15. The Morgan fingerprint density at radius 2 is 0.909 bits per heavy atom. The van der Waals surface area contributed by atoms with Crippen LogP contribution in [0.4, 0.5) is 0 Å². The minimum Gasteiger partial charge on any atom is -0.323 e. The normalized spacial score (nSPS) is 9.27. The minimum absolute atomic E-state index is 0. The third kappa shape index (κ3) is 35.3. The average Bonchev–Trinajstić information content (AvgIpc) is 1.63. The molecule has 0 bridgehead atoms. The van der Waals surface area contributed by atoms with Gasteiger partial charge in [0.2, 0.25) is 0 Å². The molecule has 0 saturated carbocycles. The van der Waals surface area contributed by atoms with Crippen LogP contribution in [0.1, 0.15) is 48.5 Å². The Labute approximate surface area is 98.4 Å². The summed E-state index contributed by atoms with van der Waals surface area (Å²) in [5, 5.41) is 0. The van der Waals surface area contributed by atoms with Crippen LogP contribution < -0.4 is 0 Å². The van der Waals surface area contributed by atoms with Crippen molar-refractivity contribution in [3.05, 3.63) is 11.8 Å². The summed E-state index contributed by atoms with van der Waals surface area (Å²) in [4.78, 5) is 0. The first-order chi connectivity index (χ1) is 4.37. The first-order valence-electron chi connectivity index (χ1n) is 3.94. The summed E-state index contributed by atoms with van der Waals surface area (Å²) in [5.74, 6) is 3.69. The Kier molecular flexibility index (Phi) is 18.2. The topological polar surface area (TPSA) is 0 Å². The molecule has 0 aromatic rings. The van der Waals surface area contributed by atoms with Crippen LogP contribution in [0, 0.1) is 17.8 Å². The van der Waals surface area contributed by atoms with E-state index < -0.39 is 0 Å². The number of hydrogen-bond acceptors (Lipinski definition) is 0. The van der Waals surface area contributed by atoms with Crippen LogP contribution in [0.5, 0.6) is 0 Å². The van der Waals surface area contributed by atoms with Crippen molar-refractivity contribution < 1.29 is 32.7 Å². The van der Waals surface area contributed by atoms with Crippen molar-refractivity contribution in [1.82, 2.24) is 0 Å². The molecule has 1 radical (unpaired) electrons. The molecule has 0 spiro atoms. The van der Waals surface area contributed by atoms with E-state index in [1.165, 1.54) is 11.8 Å². The Morgan fingerprint density at radius 1 is 0.818 bits per heavy atom. The first kappa shape index (κ1) is 18.0. The van der Waals surface area contributed by atoms with Crippen molar-refractivity contribution in [2.45, 2.75) is 48.5 Å².